The molecule has 0 saturated carbocycles. The summed E-state index contributed by atoms with van der Waals surface area (Å²) < 4.78 is 0. The Bertz CT molecular complexity index is 465. The van der Waals surface area contributed by atoms with Crippen LogP contribution in [-0.4, -0.2) is 12.0 Å². The van der Waals surface area contributed by atoms with E-state index >= 15 is 0 Å². The minimum absolute atomic E-state index is 0.638. The molecule has 0 aliphatic heterocycles. The van der Waals surface area contributed by atoms with E-state index in [0.29, 0.717) is 10.7 Å². The summed E-state index contributed by atoms with van der Waals surface area (Å²) in [5.74, 6) is 0. The Hall–Kier alpha value is -1.74. The zero-order chi connectivity index (χ0) is 11.5. The molecule has 0 saturated heterocycles. The largest absolute Gasteiger partial charge is 0.397 e. The molecule has 2 N–H and O–H groups in total. The topological polar surface area (TPSA) is 42.2 Å². The molecule has 0 amide bonds. The van der Waals surface area contributed by atoms with Gasteiger partial charge in [-0.1, -0.05) is 17.7 Å². The SMILES string of the molecule is CN(c1ccncc1)c1c(N)cccc1Cl. The third-order valence-corrected chi connectivity index (χ3v) is 2.71. The van der Waals surface area contributed by atoms with Crippen molar-refractivity contribution in [2.45, 2.75) is 0 Å². The van der Waals surface area contributed by atoms with Gasteiger partial charge in [-0.2, -0.15) is 0 Å². The van der Waals surface area contributed by atoms with Crippen molar-refractivity contribution in [1.29, 1.82) is 0 Å². The predicted molar refractivity (Wildman–Crippen MR) is 68.2 cm³/mol. The maximum atomic E-state index is 6.14. The third-order valence-electron chi connectivity index (χ3n) is 2.40. The van der Waals surface area contributed by atoms with E-state index < -0.39 is 0 Å². The van der Waals surface area contributed by atoms with Crippen LogP contribution < -0.4 is 10.6 Å². The van der Waals surface area contributed by atoms with Crippen LogP contribution in [-0.2, 0) is 0 Å². The molecule has 3 nitrogen and oxygen atoms in total. The first-order valence-corrected chi connectivity index (χ1v) is 5.25. The molecular weight excluding hydrogens is 222 g/mol. The van der Waals surface area contributed by atoms with Crippen LogP contribution in [0.1, 0.15) is 0 Å². The summed E-state index contributed by atoms with van der Waals surface area (Å²) in [5.41, 5.74) is 8.39. The summed E-state index contributed by atoms with van der Waals surface area (Å²) >= 11 is 6.14. The monoisotopic (exact) mass is 233 g/mol. The Morgan fingerprint density at radius 1 is 1.19 bits per heavy atom. The van der Waals surface area contributed by atoms with E-state index in [1.807, 2.05) is 42.3 Å². The Labute approximate surface area is 99.5 Å². The van der Waals surface area contributed by atoms with Gasteiger partial charge in [0.1, 0.15) is 0 Å². The van der Waals surface area contributed by atoms with Crippen molar-refractivity contribution in [1.82, 2.24) is 4.98 Å². The number of rotatable bonds is 2. The quantitative estimate of drug-likeness (QED) is 0.811. The van der Waals surface area contributed by atoms with Crippen molar-refractivity contribution < 1.29 is 0 Å². The van der Waals surface area contributed by atoms with Gasteiger partial charge in [-0.25, -0.2) is 0 Å². The van der Waals surface area contributed by atoms with E-state index in [4.69, 9.17) is 17.3 Å². The number of halogens is 1. The van der Waals surface area contributed by atoms with Gasteiger partial charge in [0.15, 0.2) is 0 Å². The van der Waals surface area contributed by atoms with E-state index in [2.05, 4.69) is 4.98 Å². The van der Waals surface area contributed by atoms with Gasteiger partial charge in [-0.3, -0.25) is 4.98 Å². The van der Waals surface area contributed by atoms with Crippen molar-refractivity contribution >= 4 is 28.7 Å². The molecule has 0 spiro atoms. The molecule has 0 aliphatic carbocycles. The summed E-state index contributed by atoms with van der Waals surface area (Å²) in [5, 5.41) is 0.638. The summed E-state index contributed by atoms with van der Waals surface area (Å²) in [4.78, 5) is 5.92. The lowest BCUT2D eigenvalue weighted by atomic mass is 10.2. The summed E-state index contributed by atoms with van der Waals surface area (Å²) in [7, 11) is 1.92. The maximum Gasteiger partial charge on any atom is 0.0830 e. The molecular formula is C12H12ClN3. The van der Waals surface area contributed by atoms with E-state index in [0.717, 1.165) is 11.4 Å². The van der Waals surface area contributed by atoms with Gasteiger partial charge in [-0.05, 0) is 24.3 Å². The van der Waals surface area contributed by atoms with Gasteiger partial charge < -0.3 is 10.6 Å². The van der Waals surface area contributed by atoms with Crippen molar-refractivity contribution in [2.24, 2.45) is 0 Å². The highest BCUT2D eigenvalue weighted by Crippen LogP contribution is 2.34. The Kier molecular flexibility index (Phi) is 2.97. The van der Waals surface area contributed by atoms with Crippen molar-refractivity contribution in [3.05, 3.63) is 47.7 Å². The van der Waals surface area contributed by atoms with Gasteiger partial charge in [0.2, 0.25) is 0 Å². The Morgan fingerprint density at radius 3 is 2.50 bits per heavy atom. The Balaban J connectivity index is 2.46. The lowest BCUT2D eigenvalue weighted by molar-refractivity contribution is 1.19. The number of nitrogen functional groups attached to an aromatic ring is 1. The molecule has 82 valence electrons. The Morgan fingerprint density at radius 2 is 1.88 bits per heavy atom. The molecule has 1 heterocycles. The second kappa shape index (κ2) is 4.41. The zero-order valence-electron chi connectivity index (χ0n) is 8.89. The third kappa shape index (κ3) is 1.95. The van der Waals surface area contributed by atoms with Crippen LogP contribution in [0, 0.1) is 0 Å². The van der Waals surface area contributed by atoms with Gasteiger partial charge in [0, 0.05) is 25.1 Å². The molecule has 0 unspecified atom stereocenters. The maximum absolute atomic E-state index is 6.14. The van der Waals surface area contributed by atoms with Crippen LogP contribution in [0.3, 0.4) is 0 Å². The number of pyridine rings is 1. The highest BCUT2D eigenvalue weighted by molar-refractivity contribution is 6.34. The van der Waals surface area contributed by atoms with E-state index in [-0.39, 0.29) is 0 Å². The number of hydrogen-bond acceptors (Lipinski definition) is 3. The fourth-order valence-electron chi connectivity index (χ4n) is 1.58. The normalized spacial score (nSPS) is 10.1. The summed E-state index contributed by atoms with van der Waals surface area (Å²) in [6, 6.07) is 9.30. The average molecular weight is 234 g/mol. The highest BCUT2D eigenvalue weighted by atomic mass is 35.5. The molecule has 0 bridgehead atoms. The number of anilines is 3. The van der Waals surface area contributed by atoms with Crippen LogP contribution in [0.25, 0.3) is 0 Å². The van der Waals surface area contributed by atoms with E-state index in [9.17, 15) is 0 Å². The molecule has 16 heavy (non-hydrogen) atoms. The smallest absolute Gasteiger partial charge is 0.0830 e. The molecule has 0 aliphatic rings. The van der Waals surface area contributed by atoms with Gasteiger partial charge in [-0.15, -0.1) is 0 Å². The van der Waals surface area contributed by atoms with Crippen molar-refractivity contribution in [3.8, 4) is 0 Å². The molecule has 1 aromatic carbocycles. The van der Waals surface area contributed by atoms with Crippen molar-refractivity contribution in [2.75, 3.05) is 17.7 Å². The predicted octanol–water partition coefficient (Wildman–Crippen LogP) is 3.09. The van der Waals surface area contributed by atoms with Crippen LogP contribution >= 0.6 is 11.6 Å². The van der Waals surface area contributed by atoms with Gasteiger partial charge in [0.05, 0.1) is 16.4 Å². The number of nitrogens with zero attached hydrogens (tertiary/aromatic N) is 2. The second-order valence-corrected chi connectivity index (χ2v) is 3.85. The van der Waals surface area contributed by atoms with Crippen LogP contribution in [0.2, 0.25) is 5.02 Å². The molecule has 0 fully saturated rings. The molecule has 0 radical (unpaired) electrons. The number of para-hydroxylation sites is 1. The van der Waals surface area contributed by atoms with Crippen molar-refractivity contribution in [3.63, 3.8) is 0 Å². The van der Waals surface area contributed by atoms with E-state index in [1.54, 1.807) is 12.4 Å². The first-order chi connectivity index (χ1) is 7.70. The lowest BCUT2D eigenvalue weighted by Crippen LogP contribution is -2.12. The molecule has 2 aromatic rings. The zero-order valence-corrected chi connectivity index (χ0v) is 9.65. The van der Waals surface area contributed by atoms with E-state index in [1.165, 1.54) is 0 Å². The molecule has 4 heteroatoms. The van der Waals surface area contributed by atoms with Crippen LogP contribution in [0.4, 0.5) is 17.1 Å². The standard InChI is InChI=1S/C12H12ClN3/c1-16(9-5-7-15-8-6-9)12-10(13)3-2-4-11(12)14/h2-8H,14H2,1H3. The van der Waals surface area contributed by atoms with Crippen LogP contribution in [0.15, 0.2) is 42.7 Å². The van der Waals surface area contributed by atoms with Gasteiger partial charge in [0.25, 0.3) is 0 Å². The number of benzene rings is 1. The lowest BCUT2D eigenvalue weighted by Gasteiger charge is -2.22. The number of aromatic nitrogens is 1. The minimum atomic E-state index is 0.638. The fraction of sp³-hybridized carbons (Fsp3) is 0.0833. The second-order valence-electron chi connectivity index (χ2n) is 3.44. The number of nitrogens with two attached hydrogens (primary N) is 1. The number of hydrogen-bond donors (Lipinski definition) is 1. The summed E-state index contributed by atoms with van der Waals surface area (Å²) in [6.07, 6.45) is 3.47. The molecule has 2 rings (SSSR count). The molecule has 1 aromatic heterocycles. The van der Waals surface area contributed by atoms with Crippen LogP contribution in [0.5, 0.6) is 0 Å². The first kappa shape index (κ1) is 10.8. The minimum Gasteiger partial charge on any atom is -0.397 e. The van der Waals surface area contributed by atoms with Gasteiger partial charge >= 0.3 is 0 Å². The highest BCUT2D eigenvalue weighted by Gasteiger charge is 2.10. The first-order valence-electron chi connectivity index (χ1n) is 4.88. The average Bonchev–Trinajstić information content (AvgIpc) is 2.30. The summed E-state index contributed by atoms with van der Waals surface area (Å²) in [6.45, 7) is 0. The molecule has 0 atom stereocenters. The fourth-order valence-corrected chi connectivity index (χ4v) is 1.89.